The van der Waals surface area contributed by atoms with Gasteiger partial charge < -0.3 is 9.80 Å². The summed E-state index contributed by atoms with van der Waals surface area (Å²) in [5.41, 5.74) is 0. The third-order valence-corrected chi connectivity index (χ3v) is 2.70. The zero-order chi connectivity index (χ0) is 11.0. The monoisotopic (exact) mass is 199 g/mol. The molecule has 0 rings (SSSR count). The van der Waals surface area contributed by atoms with E-state index in [0.717, 1.165) is 45.0 Å². The Morgan fingerprint density at radius 3 is 1.79 bits per heavy atom. The highest BCUT2D eigenvalue weighted by molar-refractivity contribution is 5.79. The van der Waals surface area contributed by atoms with Crippen molar-refractivity contribution in [2.75, 3.05) is 32.7 Å². The zero-order valence-electron chi connectivity index (χ0n) is 10.1. The van der Waals surface area contributed by atoms with Gasteiger partial charge in [-0.3, -0.25) is 5.41 Å². The molecule has 0 radical (unpaired) electrons. The molecule has 0 aromatic rings. The first-order valence-electron chi connectivity index (χ1n) is 5.74. The van der Waals surface area contributed by atoms with Crippen LogP contribution < -0.4 is 0 Å². The SMILES string of the molecule is CCN(CC)CCC(=N)N(CC)CC. The maximum absolute atomic E-state index is 7.89. The van der Waals surface area contributed by atoms with Gasteiger partial charge in [0.25, 0.3) is 0 Å². The summed E-state index contributed by atoms with van der Waals surface area (Å²) in [5.74, 6) is 0.780. The summed E-state index contributed by atoms with van der Waals surface area (Å²) in [4.78, 5) is 4.47. The predicted molar refractivity (Wildman–Crippen MR) is 63.1 cm³/mol. The van der Waals surface area contributed by atoms with E-state index in [1.807, 2.05) is 0 Å². The van der Waals surface area contributed by atoms with Crippen molar-refractivity contribution in [3.8, 4) is 0 Å². The van der Waals surface area contributed by atoms with Crippen LogP contribution in [0.3, 0.4) is 0 Å². The molecule has 0 aliphatic heterocycles. The fourth-order valence-corrected chi connectivity index (χ4v) is 1.57. The molecular formula is C11H25N3. The van der Waals surface area contributed by atoms with Gasteiger partial charge >= 0.3 is 0 Å². The van der Waals surface area contributed by atoms with E-state index < -0.39 is 0 Å². The van der Waals surface area contributed by atoms with Crippen LogP contribution in [0.4, 0.5) is 0 Å². The normalized spacial score (nSPS) is 10.6. The van der Waals surface area contributed by atoms with Crippen molar-refractivity contribution in [3.05, 3.63) is 0 Å². The van der Waals surface area contributed by atoms with E-state index in [0.29, 0.717) is 0 Å². The molecule has 0 heterocycles. The molecule has 0 saturated heterocycles. The largest absolute Gasteiger partial charge is 0.361 e. The summed E-state index contributed by atoms with van der Waals surface area (Å²) in [6.45, 7) is 13.6. The van der Waals surface area contributed by atoms with Gasteiger partial charge in [0.15, 0.2) is 0 Å². The molecule has 0 amide bonds. The van der Waals surface area contributed by atoms with Crippen LogP contribution in [-0.4, -0.2) is 48.4 Å². The van der Waals surface area contributed by atoms with E-state index in [9.17, 15) is 0 Å². The molecule has 0 aromatic heterocycles. The van der Waals surface area contributed by atoms with Gasteiger partial charge in [0, 0.05) is 26.1 Å². The van der Waals surface area contributed by atoms with Crippen LogP contribution in [-0.2, 0) is 0 Å². The van der Waals surface area contributed by atoms with Crippen molar-refractivity contribution in [1.82, 2.24) is 9.80 Å². The second-order valence-electron chi connectivity index (χ2n) is 3.40. The molecule has 0 spiro atoms. The molecule has 1 N–H and O–H groups in total. The second kappa shape index (κ2) is 7.80. The van der Waals surface area contributed by atoms with Gasteiger partial charge in [-0.2, -0.15) is 0 Å². The minimum Gasteiger partial charge on any atom is -0.361 e. The van der Waals surface area contributed by atoms with Crippen LogP contribution in [0.5, 0.6) is 0 Å². The minimum atomic E-state index is 0.780. The van der Waals surface area contributed by atoms with Crippen molar-refractivity contribution in [1.29, 1.82) is 5.41 Å². The number of amidine groups is 1. The van der Waals surface area contributed by atoms with Crippen molar-refractivity contribution in [2.24, 2.45) is 0 Å². The zero-order valence-corrected chi connectivity index (χ0v) is 10.1. The highest BCUT2D eigenvalue weighted by Gasteiger charge is 2.06. The molecule has 0 unspecified atom stereocenters. The average molecular weight is 199 g/mol. The Kier molecular flexibility index (Phi) is 7.48. The van der Waals surface area contributed by atoms with Gasteiger partial charge in [0.1, 0.15) is 0 Å². The van der Waals surface area contributed by atoms with Crippen LogP contribution >= 0.6 is 0 Å². The maximum Gasteiger partial charge on any atom is 0.0970 e. The Hall–Kier alpha value is -0.570. The Labute approximate surface area is 88.6 Å². The Bertz CT molecular complexity index is 149. The summed E-state index contributed by atoms with van der Waals surface area (Å²) < 4.78 is 0. The highest BCUT2D eigenvalue weighted by Crippen LogP contribution is 1.97. The molecule has 14 heavy (non-hydrogen) atoms. The van der Waals surface area contributed by atoms with Crippen molar-refractivity contribution in [3.63, 3.8) is 0 Å². The minimum absolute atomic E-state index is 0.780. The van der Waals surface area contributed by atoms with Crippen molar-refractivity contribution >= 4 is 5.84 Å². The molecule has 0 aliphatic carbocycles. The lowest BCUT2D eigenvalue weighted by Crippen LogP contribution is -2.33. The fraction of sp³-hybridized carbons (Fsp3) is 0.909. The van der Waals surface area contributed by atoms with E-state index in [2.05, 4.69) is 37.5 Å². The molecule has 3 heteroatoms. The molecule has 0 aromatic carbocycles. The van der Waals surface area contributed by atoms with E-state index in [1.54, 1.807) is 0 Å². The first-order chi connectivity index (χ1) is 6.69. The summed E-state index contributed by atoms with van der Waals surface area (Å²) in [7, 11) is 0. The summed E-state index contributed by atoms with van der Waals surface area (Å²) in [5, 5.41) is 7.89. The van der Waals surface area contributed by atoms with Gasteiger partial charge in [0.2, 0.25) is 0 Å². The van der Waals surface area contributed by atoms with Gasteiger partial charge in [0.05, 0.1) is 5.84 Å². The third-order valence-electron chi connectivity index (χ3n) is 2.70. The Morgan fingerprint density at radius 1 is 0.929 bits per heavy atom. The Morgan fingerprint density at radius 2 is 1.43 bits per heavy atom. The van der Waals surface area contributed by atoms with Crippen molar-refractivity contribution in [2.45, 2.75) is 34.1 Å². The third kappa shape index (κ3) is 4.61. The lowest BCUT2D eigenvalue weighted by atomic mass is 10.3. The molecule has 0 aliphatic rings. The lowest BCUT2D eigenvalue weighted by molar-refractivity contribution is 0.307. The predicted octanol–water partition coefficient (Wildman–Crippen LogP) is 2.04. The Balaban J connectivity index is 3.81. The van der Waals surface area contributed by atoms with E-state index in [1.165, 1.54) is 0 Å². The molecular weight excluding hydrogens is 174 g/mol. The first kappa shape index (κ1) is 13.4. The number of rotatable bonds is 7. The molecule has 0 bridgehead atoms. The van der Waals surface area contributed by atoms with Crippen LogP contribution in [0.25, 0.3) is 0 Å². The number of nitrogens with one attached hydrogen (secondary N) is 1. The van der Waals surface area contributed by atoms with Crippen LogP contribution in [0, 0.1) is 5.41 Å². The number of hydrogen-bond acceptors (Lipinski definition) is 2. The maximum atomic E-state index is 7.89. The number of nitrogens with zero attached hydrogens (tertiary/aromatic N) is 2. The van der Waals surface area contributed by atoms with E-state index in [-0.39, 0.29) is 0 Å². The fourth-order valence-electron chi connectivity index (χ4n) is 1.57. The van der Waals surface area contributed by atoms with Crippen LogP contribution in [0.2, 0.25) is 0 Å². The summed E-state index contributed by atoms with van der Waals surface area (Å²) in [6.07, 6.45) is 0.878. The highest BCUT2D eigenvalue weighted by atomic mass is 15.2. The quantitative estimate of drug-likeness (QED) is 0.502. The van der Waals surface area contributed by atoms with Crippen molar-refractivity contribution < 1.29 is 0 Å². The average Bonchev–Trinajstić information content (AvgIpc) is 2.21. The smallest absolute Gasteiger partial charge is 0.0970 e. The summed E-state index contributed by atoms with van der Waals surface area (Å²) >= 11 is 0. The van der Waals surface area contributed by atoms with Crippen LogP contribution in [0.1, 0.15) is 34.1 Å². The van der Waals surface area contributed by atoms with E-state index >= 15 is 0 Å². The first-order valence-corrected chi connectivity index (χ1v) is 5.74. The standard InChI is InChI=1S/C11H25N3/c1-5-13(6-2)10-9-11(12)14(7-3)8-4/h12H,5-10H2,1-4H3. The second-order valence-corrected chi connectivity index (χ2v) is 3.40. The molecule has 3 nitrogen and oxygen atoms in total. The number of hydrogen-bond donors (Lipinski definition) is 1. The topological polar surface area (TPSA) is 30.3 Å². The lowest BCUT2D eigenvalue weighted by Gasteiger charge is -2.24. The van der Waals surface area contributed by atoms with Gasteiger partial charge in [-0.05, 0) is 26.9 Å². The molecule has 0 fully saturated rings. The van der Waals surface area contributed by atoms with E-state index in [4.69, 9.17) is 5.41 Å². The summed E-state index contributed by atoms with van der Waals surface area (Å²) in [6, 6.07) is 0. The molecule has 84 valence electrons. The van der Waals surface area contributed by atoms with Gasteiger partial charge in [-0.25, -0.2) is 0 Å². The molecule has 0 saturated carbocycles. The molecule has 0 atom stereocenters. The van der Waals surface area contributed by atoms with Crippen LogP contribution in [0.15, 0.2) is 0 Å². The van der Waals surface area contributed by atoms with Gasteiger partial charge in [-0.1, -0.05) is 13.8 Å². The van der Waals surface area contributed by atoms with Gasteiger partial charge in [-0.15, -0.1) is 0 Å².